The molecular weight excluding hydrogens is 458 g/mol. The Balaban J connectivity index is 1.34. The summed E-state index contributed by atoms with van der Waals surface area (Å²) in [5.41, 5.74) is 4.29. The van der Waals surface area contributed by atoms with E-state index in [1.807, 2.05) is 0 Å². The Hall–Kier alpha value is -2.33. The van der Waals surface area contributed by atoms with Gasteiger partial charge in [0.05, 0.1) is 15.4 Å². The first-order valence-corrected chi connectivity index (χ1v) is 13.6. The van der Waals surface area contributed by atoms with Crippen LogP contribution in [0.15, 0.2) is 23.1 Å². The van der Waals surface area contributed by atoms with Crippen LogP contribution in [0.1, 0.15) is 63.4 Å². The number of aryl methyl sites for hydroxylation is 1. The number of ketones is 1. The van der Waals surface area contributed by atoms with Gasteiger partial charge in [0.2, 0.25) is 15.9 Å². The van der Waals surface area contributed by atoms with Crippen LogP contribution in [0, 0.1) is 46.1 Å². The second-order valence-corrected chi connectivity index (χ2v) is 12.8. The van der Waals surface area contributed by atoms with Crippen molar-refractivity contribution in [2.75, 3.05) is 0 Å². The Kier molecular flexibility index (Phi) is 5.40. The zero-order valence-corrected chi connectivity index (χ0v) is 20.1. The first-order valence-electron chi connectivity index (χ1n) is 12.1. The Morgan fingerprint density at radius 3 is 2.35 bits per heavy atom. The van der Waals surface area contributed by atoms with Crippen LogP contribution in [-0.2, 0) is 19.6 Å². The van der Waals surface area contributed by atoms with Crippen LogP contribution in [0.5, 0.6) is 0 Å². The van der Waals surface area contributed by atoms with Crippen LogP contribution in [0.3, 0.4) is 0 Å². The maximum Gasteiger partial charge on any atom is 0.273 e. The molecular formula is C24H31N3O6S. The summed E-state index contributed by atoms with van der Waals surface area (Å²) < 4.78 is 28.9. The predicted octanol–water partition coefficient (Wildman–Crippen LogP) is 2.99. The Bertz CT molecular complexity index is 1160. The highest BCUT2D eigenvalue weighted by Crippen LogP contribution is 2.63. The molecule has 4 bridgehead atoms. The number of primary amides is 1. The lowest BCUT2D eigenvalue weighted by Gasteiger charge is -2.59. The zero-order valence-electron chi connectivity index (χ0n) is 19.3. The quantitative estimate of drug-likeness (QED) is 0.423. The minimum Gasteiger partial charge on any atom is -0.369 e. The SMILES string of the molecule is Cc1ccc(S(=O)(=O)NC2(C(=O)CC3C4CC5CC3CC(C(N)=O)(C5)C4)CCC2)cc1[N+](=O)[O-]. The summed E-state index contributed by atoms with van der Waals surface area (Å²) in [6.45, 7) is 1.55. The number of benzene rings is 1. The normalized spacial score (nSPS) is 33.3. The van der Waals surface area contributed by atoms with Crippen LogP contribution >= 0.6 is 0 Å². The van der Waals surface area contributed by atoms with Gasteiger partial charge in [-0.3, -0.25) is 19.7 Å². The van der Waals surface area contributed by atoms with Crippen molar-refractivity contribution in [1.82, 2.24) is 4.72 Å². The van der Waals surface area contributed by atoms with E-state index in [1.54, 1.807) is 6.92 Å². The molecule has 3 N–H and O–H groups in total. The zero-order chi connectivity index (χ0) is 24.5. The number of nitro benzene ring substituents is 1. The fraction of sp³-hybridized carbons (Fsp3) is 0.667. The molecule has 0 heterocycles. The van der Waals surface area contributed by atoms with Gasteiger partial charge in [-0.15, -0.1) is 0 Å². The molecule has 5 aliphatic rings. The molecule has 1 amide bonds. The summed E-state index contributed by atoms with van der Waals surface area (Å²) in [5.74, 6) is 0.873. The topological polar surface area (TPSA) is 149 Å². The van der Waals surface area contributed by atoms with Crippen LogP contribution in [0.2, 0.25) is 0 Å². The molecule has 5 aliphatic carbocycles. The molecule has 2 unspecified atom stereocenters. The van der Waals surface area contributed by atoms with Crippen molar-refractivity contribution in [3.8, 4) is 0 Å². The predicted molar refractivity (Wildman–Crippen MR) is 123 cm³/mol. The third-order valence-electron chi connectivity index (χ3n) is 9.17. The largest absolute Gasteiger partial charge is 0.369 e. The van der Waals surface area contributed by atoms with Crippen molar-refractivity contribution in [2.24, 2.45) is 34.8 Å². The van der Waals surface area contributed by atoms with Gasteiger partial charge < -0.3 is 5.73 Å². The molecule has 1 aromatic carbocycles. The number of nitrogens with two attached hydrogens (primary N) is 1. The minimum absolute atomic E-state index is 0.102. The number of hydrogen-bond acceptors (Lipinski definition) is 6. The molecule has 0 radical (unpaired) electrons. The molecule has 9 nitrogen and oxygen atoms in total. The van der Waals surface area contributed by atoms with Crippen molar-refractivity contribution in [1.29, 1.82) is 0 Å². The van der Waals surface area contributed by atoms with Gasteiger partial charge in [-0.2, -0.15) is 4.72 Å². The van der Waals surface area contributed by atoms with Crippen LogP contribution in [0.25, 0.3) is 0 Å². The standard InChI is InChI=1S/C24H31N3O6S/c1-14-3-4-18(9-20(14)27(30)31)34(32,33)26-24(5-2-6-24)21(28)10-19-16-7-15-8-17(19)13-23(11-15,12-16)22(25)29/h3-4,9,15-17,19,26H,2,5-8,10-13H2,1H3,(H2,25,29). The molecule has 1 aromatic rings. The highest BCUT2D eigenvalue weighted by molar-refractivity contribution is 7.89. The smallest absolute Gasteiger partial charge is 0.273 e. The number of amides is 1. The van der Waals surface area contributed by atoms with Gasteiger partial charge in [-0.25, -0.2) is 8.42 Å². The third-order valence-corrected chi connectivity index (χ3v) is 10.7. The van der Waals surface area contributed by atoms with E-state index in [2.05, 4.69) is 4.72 Å². The van der Waals surface area contributed by atoms with Crippen molar-refractivity contribution in [3.63, 3.8) is 0 Å². The van der Waals surface area contributed by atoms with E-state index in [0.717, 1.165) is 44.6 Å². The second kappa shape index (κ2) is 7.84. The summed E-state index contributed by atoms with van der Waals surface area (Å²) in [6, 6.07) is 3.79. The highest BCUT2D eigenvalue weighted by atomic mass is 32.2. The fourth-order valence-electron chi connectivity index (χ4n) is 7.41. The summed E-state index contributed by atoms with van der Waals surface area (Å²) in [5, 5.41) is 11.3. The van der Waals surface area contributed by atoms with Crippen molar-refractivity contribution in [3.05, 3.63) is 33.9 Å². The average Bonchev–Trinajstić information content (AvgIpc) is 2.72. The van der Waals surface area contributed by atoms with Crippen molar-refractivity contribution in [2.45, 2.75) is 75.1 Å². The highest BCUT2D eigenvalue weighted by Gasteiger charge is 2.59. The molecule has 0 spiro atoms. The van der Waals surface area contributed by atoms with Gasteiger partial charge in [-0.05, 0) is 88.0 Å². The van der Waals surface area contributed by atoms with Gasteiger partial charge in [0.15, 0.2) is 5.78 Å². The first-order chi connectivity index (χ1) is 15.9. The van der Waals surface area contributed by atoms with Crippen molar-refractivity contribution < 1.29 is 22.9 Å². The molecule has 10 heteroatoms. The summed E-state index contributed by atoms with van der Waals surface area (Å²) >= 11 is 0. The Morgan fingerprint density at radius 1 is 1.18 bits per heavy atom. The van der Waals surface area contributed by atoms with E-state index in [9.17, 15) is 28.1 Å². The molecule has 34 heavy (non-hydrogen) atoms. The fourth-order valence-corrected chi connectivity index (χ4v) is 8.88. The Morgan fingerprint density at radius 2 is 1.82 bits per heavy atom. The van der Waals surface area contributed by atoms with E-state index in [4.69, 9.17) is 5.73 Å². The van der Waals surface area contributed by atoms with Gasteiger partial charge in [0.25, 0.3) is 5.69 Å². The maximum atomic E-state index is 13.6. The summed E-state index contributed by atoms with van der Waals surface area (Å²) in [7, 11) is -4.12. The number of nitrogens with zero attached hydrogens (tertiary/aromatic N) is 1. The van der Waals surface area contributed by atoms with Crippen LogP contribution in [-0.4, -0.2) is 30.6 Å². The molecule has 0 aromatic heterocycles. The summed E-state index contributed by atoms with van der Waals surface area (Å²) in [6.07, 6.45) is 6.25. The molecule has 5 saturated carbocycles. The van der Waals surface area contributed by atoms with Crippen LogP contribution in [0.4, 0.5) is 5.69 Å². The maximum absolute atomic E-state index is 13.6. The molecule has 0 aliphatic heterocycles. The number of sulfonamides is 1. The number of Topliss-reactive ketones (excluding diaryl/α,β-unsaturated/α-hetero) is 1. The van der Waals surface area contributed by atoms with E-state index in [0.29, 0.717) is 30.7 Å². The average molecular weight is 490 g/mol. The van der Waals surface area contributed by atoms with E-state index in [1.165, 1.54) is 12.1 Å². The van der Waals surface area contributed by atoms with Crippen LogP contribution < -0.4 is 10.5 Å². The number of hydrogen-bond donors (Lipinski definition) is 2. The summed E-state index contributed by atoms with van der Waals surface area (Å²) in [4.78, 5) is 36.2. The van der Waals surface area contributed by atoms with Gasteiger partial charge in [-0.1, -0.05) is 6.07 Å². The molecule has 6 rings (SSSR count). The number of nitrogens with one attached hydrogen (secondary N) is 1. The van der Waals surface area contributed by atoms with Gasteiger partial charge >= 0.3 is 0 Å². The monoisotopic (exact) mass is 489 g/mol. The number of nitro groups is 1. The Labute approximate surface area is 199 Å². The number of carbonyl (C=O) groups excluding carboxylic acids is 2. The van der Waals surface area contributed by atoms with E-state index >= 15 is 0 Å². The van der Waals surface area contributed by atoms with Gasteiger partial charge in [0, 0.05) is 23.5 Å². The lowest BCUT2D eigenvalue weighted by Crippen LogP contribution is -2.61. The van der Waals surface area contributed by atoms with E-state index in [-0.39, 0.29) is 40.0 Å². The number of carbonyl (C=O) groups is 2. The lowest BCUT2D eigenvalue weighted by atomic mass is 9.45. The first kappa shape index (κ1) is 23.4. The number of rotatable bonds is 8. The third kappa shape index (κ3) is 3.66. The van der Waals surface area contributed by atoms with Crippen molar-refractivity contribution >= 4 is 27.4 Å². The second-order valence-electron chi connectivity index (χ2n) is 11.2. The van der Waals surface area contributed by atoms with E-state index < -0.39 is 25.9 Å². The molecule has 184 valence electrons. The molecule has 2 atom stereocenters. The van der Waals surface area contributed by atoms with Gasteiger partial charge in [0.1, 0.15) is 0 Å². The molecule has 0 saturated heterocycles. The molecule has 5 fully saturated rings. The lowest BCUT2D eigenvalue weighted by molar-refractivity contribution is -0.385. The minimum atomic E-state index is -4.12.